The van der Waals surface area contributed by atoms with Crippen LogP contribution in [0.2, 0.25) is 0 Å². The molecule has 2 rings (SSSR count). The Hall–Kier alpha value is -0.850. The highest BCUT2D eigenvalue weighted by Gasteiger charge is 2.20. The molecule has 1 atom stereocenters. The van der Waals surface area contributed by atoms with Gasteiger partial charge in [-0.05, 0) is 42.7 Å². The summed E-state index contributed by atoms with van der Waals surface area (Å²) in [7, 11) is 0. The molecule has 76 valence electrons. The summed E-state index contributed by atoms with van der Waals surface area (Å²) in [6.07, 6.45) is 4.62. The number of pyridine rings is 1. The molecule has 0 aromatic carbocycles. The van der Waals surface area contributed by atoms with Crippen LogP contribution in [0, 0.1) is 5.92 Å². The zero-order valence-corrected chi connectivity index (χ0v) is 9.43. The van der Waals surface area contributed by atoms with Crippen LogP contribution in [0.25, 0.3) is 0 Å². The Kier molecular flexibility index (Phi) is 2.58. The van der Waals surface area contributed by atoms with E-state index in [1.807, 2.05) is 0 Å². The first-order valence-electron chi connectivity index (χ1n) is 5.75. The Balaban J connectivity index is 2.43. The lowest BCUT2D eigenvalue weighted by Crippen LogP contribution is -2.00. The largest absolute Gasteiger partial charge is 0.257 e. The topological polar surface area (TPSA) is 12.9 Å². The van der Waals surface area contributed by atoms with Gasteiger partial charge in [0.2, 0.25) is 0 Å². The van der Waals surface area contributed by atoms with Crippen LogP contribution in [0.5, 0.6) is 0 Å². The van der Waals surface area contributed by atoms with Gasteiger partial charge in [-0.15, -0.1) is 0 Å². The minimum Gasteiger partial charge on any atom is -0.257 e. The molecule has 0 bridgehead atoms. The van der Waals surface area contributed by atoms with Crippen LogP contribution in [0.1, 0.15) is 43.3 Å². The van der Waals surface area contributed by atoms with Gasteiger partial charge in [-0.3, -0.25) is 4.98 Å². The molecule has 1 aliphatic rings. The van der Waals surface area contributed by atoms with E-state index in [0.717, 1.165) is 18.8 Å². The summed E-state index contributed by atoms with van der Waals surface area (Å²) in [6, 6.07) is 2.39. The number of rotatable bonds is 2. The van der Waals surface area contributed by atoms with Gasteiger partial charge < -0.3 is 0 Å². The number of fused-ring (bicyclic) bond motifs is 1. The highest BCUT2D eigenvalue weighted by atomic mass is 14.7. The van der Waals surface area contributed by atoms with Gasteiger partial charge in [-0.2, -0.15) is 0 Å². The van der Waals surface area contributed by atoms with Crippen LogP contribution >= 0.6 is 0 Å². The molecule has 1 aromatic heterocycles. The number of aryl methyl sites for hydroxylation is 2. The second-order valence-corrected chi connectivity index (χ2v) is 4.42. The van der Waals surface area contributed by atoms with Crippen molar-refractivity contribution < 1.29 is 0 Å². The Morgan fingerprint density at radius 2 is 2.07 bits per heavy atom. The fourth-order valence-corrected chi connectivity index (χ4v) is 2.43. The van der Waals surface area contributed by atoms with E-state index in [4.69, 9.17) is 4.98 Å². The SMILES string of the molecule is CCc1cc2c(nc1CC)CC(C)C2. The van der Waals surface area contributed by atoms with Crippen molar-refractivity contribution in [3.8, 4) is 0 Å². The number of hydrogen-bond acceptors (Lipinski definition) is 1. The zero-order chi connectivity index (χ0) is 10.1. The summed E-state index contributed by atoms with van der Waals surface area (Å²) in [4.78, 5) is 4.79. The second-order valence-electron chi connectivity index (χ2n) is 4.42. The third kappa shape index (κ3) is 1.56. The first-order chi connectivity index (χ1) is 6.74. The van der Waals surface area contributed by atoms with Gasteiger partial charge in [0, 0.05) is 11.4 Å². The molecule has 0 saturated heterocycles. The van der Waals surface area contributed by atoms with E-state index >= 15 is 0 Å². The number of nitrogens with zero attached hydrogens (tertiary/aromatic N) is 1. The Labute approximate surface area is 86.6 Å². The molecule has 14 heavy (non-hydrogen) atoms. The van der Waals surface area contributed by atoms with Crippen LogP contribution in [-0.2, 0) is 25.7 Å². The Morgan fingerprint density at radius 1 is 1.29 bits per heavy atom. The minimum atomic E-state index is 0.800. The van der Waals surface area contributed by atoms with E-state index in [2.05, 4.69) is 26.8 Å². The first-order valence-corrected chi connectivity index (χ1v) is 5.75. The first kappa shape index (κ1) is 9.70. The molecule has 1 heterocycles. The Morgan fingerprint density at radius 3 is 2.71 bits per heavy atom. The molecule has 0 fully saturated rings. The quantitative estimate of drug-likeness (QED) is 0.697. The molecule has 0 saturated carbocycles. The summed E-state index contributed by atoms with van der Waals surface area (Å²) in [5.41, 5.74) is 5.65. The number of hydrogen-bond donors (Lipinski definition) is 0. The highest BCUT2D eigenvalue weighted by molar-refractivity contribution is 5.34. The fraction of sp³-hybridized carbons (Fsp3) is 0.615. The second kappa shape index (κ2) is 3.72. The molecule has 0 amide bonds. The third-order valence-corrected chi connectivity index (χ3v) is 3.19. The molecule has 0 N–H and O–H groups in total. The predicted molar refractivity (Wildman–Crippen MR) is 59.6 cm³/mol. The highest BCUT2D eigenvalue weighted by Crippen LogP contribution is 2.27. The standard InChI is InChI=1S/C13H19N/c1-4-10-8-11-6-9(3)7-13(11)14-12(10)5-2/h8-9H,4-7H2,1-3H3. The van der Waals surface area contributed by atoms with Crippen molar-refractivity contribution in [3.05, 3.63) is 28.6 Å². The van der Waals surface area contributed by atoms with Crippen LogP contribution in [0.15, 0.2) is 6.07 Å². The zero-order valence-electron chi connectivity index (χ0n) is 9.43. The molecule has 1 heteroatoms. The van der Waals surface area contributed by atoms with Crippen molar-refractivity contribution in [2.45, 2.75) is 46.5 Å². The summed E-state index contributed by atoms with van der Waals surface area (Å²) in [6.45, 7) is 6.74. The molecule has 1 nitrogen and oxygen atoms in total. The number of aromatic nitrogens is 1. The molecule has 0 radical (unpaired) electrons. The Bertz CT molecular complexity index is 308. The van der Waals surface area contributed by atoms with E-state index in [0.29, 0.717) is 0 Å². The monoisotopic (exact) mass is 189 g/mol. The van der Waals surface area contributed by atoms with Gasteiger partial charge >= 0.3 is 0 Å². The van der Waals surface area contributed by atoms with Gasteiger partial charge in [-0.25, -0.2) is 0 Å². The maximum absolute atomic E-state index is 4.79. The van der Waals surface area contributed by atoms with Crippen molar-refractivity contribution >= 4 is 0 Å². The van der Waals surface area contributed by atoms with Gasteiger partial charge in [0.25, 0.3) is 0 Å². The van der Waals surface area contributed by atoms with E-state index in [1.165, 1.54) is 35.4 Å². The van der Waals surface area contributed by atoms with E-state index in [1.54, 1.807) is 0 Å². The summed E-state index contributed by atoms with van der Waals surface area (Å²) in [5, 5.41) is 0. The average molecular weight is 189 g/mol. The van der Waals surface area contributed by atoms with E-state index < -0.39 is 0 Å². The lowest BCUT2D eigenvalue weighted by molar-refractivity contribution is 0.623. The summed E-state index contributed by atoms with van der Waals surface area (Å²) < 4.78 is 0. The lowest BCUT2D eigenvalue weighted by atomic mass is 10.0. The van der Waals surface area contributed by atoms with E-state index in [9.17, 15) is 0 Å². The predicted octanol–water partition coefficient (Wildman–Crippen LogP) is 2.94. The molecule has 1 unspecified atom stereocenters. The van der Waals surface area contributed by atoms with Crippen molar-refractivity contribution in [1.29, 1.82) is 0 Å². The maximum atomic E-state index is 4.79. The summed E-state index contributed by atoms with van der Waals surface area (Å²) >= 11 is 0. The van der Waals surface area contributed by atoms with Crippen molar-refractivity contribution in [2.75, 3.05) is 0 Å². The smallest absolute Gasteiger partial charge is 0.0441 e. The fourth-order valence-electron chi connectivity index (χ4n) is 2.43. The van der Waals surface area contributed by atoms with Gasteiger partial charge in [0.05, 0.1) is 0 Å². The van der Waals surface area contributed by atoms with Gasteiger partial charge in [0.1, 0.15) is 0 Å². The van der Waals surface area contributed by atoms with Gasteiger partial charge in [0.15, 0.2) is 0 Å². The summed E-state index contributed by atoms with van der Waals surface area (Å²) in [5.74, 6) is 0.800. The molecule has 0 spiro atoms. The normalized spacial score (nSPS) is 19.8. The minimum absolute atomic E-state index is 0.800. The lowest BCUT2D eigenvalue weighted by Gasteiger charge is -2.07. The van der Waals surface area contributed by atoms with Crippen LogP contribution in [0.4, 0.5) is 0 Å². The van der Waals surface area contributed by atoms with Gasteiger partial charge in [-0.1, -0.05) is 26.8 Å². The van der Waals surface area contributed by atoms with E-state index in [-0.39, 0.29) is 0 Å². The molecule has 0 aliphatic heterocycles. The third-order valence-electron chi connectivity index (χ3n) is 3.19. The molecular weight excluding hydrogens is 170 g/mol. The van der Waals surface area contributed by atoms with Crippen LogP contribution < -0.4 is 0 Å². The molecule has 1 aromatic rings. The van der Waals surface area contributed by atoms with Crippen LogP contribution in [0.3, 0.4) is 0 Å². The average Bonchev–Trinajstić information content (AvgIpc) is 2.54. The molecule has 1 aliphatic carbocycles. The van der Waals surface area contributed by atoms with Crippen molar-refractivity contribution in [3.63, 3.8) is 0 Å². The van der Waals surface area contributed by atoms with Crippen molar-refractivity contribution in [1.82, 2.24) is 4.98 Å². The maximum Gasteiger partial charge on any atom is 0.0441 e. The molecular formula is C13H19N. The van der Waals surface area contributed by atoms with Crippen molar-refractivity contribution in [2.24, 2.45) is 5.92 Å². The van der Waals surface area contributed by atoms with Crippen LogP contribution in [-0.4, -0.2) is 4.98 Å².